The van der Waals surface area contributed by atoms with E-state index in [0.717, 1.165) is 41.3 Å². The summed E-state index contributed by atoms with van der Waals surface area (Å²) >= 11 is 1.41. The zero-order valence-corrected chi connectivity index (χ0v) is 20.8. The second kappa shape index (κ2) is 11.4. The van der Waals surface area contributed by atoms with Gasteiger partial charge in [-0.1, -0.05) is 74.8 Å². The van der Waals surface area contributed by atoms with Crippen LogP contribution in [0.4, 0.5) is 0 Å². The molecule has 1 atom stereocenters. The Hall–Kier alpha value is -3.00. The highest BCUT2D eigenvalue weighted by molar-refractivity contribution is 7.99. The summed E-state index contributed by atoms with van der Waals surface area (Å²) < 4.78 is 13.0. The van der Waals surface area contributed by atoms with Gasteiger partial charge in [0.25, 0.3) is 0 Å². The number of nitrogens with zero attached hydrogens (tertiary/aromatic N) is 3. The van der Waals surface area contributed by atoms with Crippen molar-refractivity contribution in [2.24, 2.45) is 5.92 Å². The molecule has 0 radical (unpaired) electrons. The number of thioether (sulfide) groups is 1. The van der Waals surface area contributed by atoms with Gasteiger partial charge in [0.2, 0.25) is 12.7 Å². The quantitative estimate of drug-likeness (QED) is 0.383. The second-order valence-electron chi connectivity index (χ2n) is 9.03. The molecule has 4 rings (SSSR count). The average molecular weight is 481 g/mol. The largest absolute Gasteiger partial charge is 0.454 e. The molecule has 0 spiro atoms. The zero-order valence-electron chi connectivity index (χ0n) is 20.0. The highest BCUT2D eigenvalue weighted by Gasteiger charge is 2.19. The van der Waals surface area contributed by atoms with Crippen LogP contribution in [0.3, 0.4) is 0 Å². The molecule has 0 saturated heterocycles. The Kier molecular flexibility index (Phi) is 8.11. The van der Waals surface area contributed by atoms with Crippen molar-refractivity contribution in [3.05, 3.63) is 54.1 Å². The van der Waals surface area contributed by atoms with Crippen molar-refractivity contribution >= 4 is 17.7 Å². The predicted molar refractivity (Wildman–Crippen MR) is 134 cm³/mol. The van der Waals surface area contributed by atoms with Crippen LogP contribution in [0.25, 0.3) is 11.4 Å². The number of ether oxygens (including phenoxy) is 2. The van der Waals surface area contributed by atoms with Gasteiger partial charge in [0, 0.05) is 11.6 Å². The summed E-state index contributed by atoms with van der Waals surface area (Å²) in [5.41, 5.74) is 2.03. The van der Waals surface area contributed by atoms with Crippen LogP contribution in [0, 0.1) is 5.92 Å². The van der Waals surface area contributed by atoms with Crippen molar-refractivity contribution in [2.75, 3.05) is 12.5 Å². The van der Waals surface area contributed by atoms with Crippen molar-refractivity contribution in [3.63, 3.8) is 0 Å². The highest BCUT2D eigenvalue weighted by atomic mass is 32.2. The molecule has 0 bridgehead atoms. The Morgan fingerprint density at radius 1 is 1.06 bits per heavy atom. The minimum atomic E-state index is 0.0148. The molecule has 1 aliphatic heterocycles. The molecule has 1 aliphatic rings. The third kappa shape index (κ3) is 6.32. The minimum absolute atomic E-state index is 0.0148. The number of hydrogen-bond donors (Lipinski definition) is 1. The molecule has 0 unspecified atom stereocenters. The Bertz CT molecular complexity index is 1100. The lowest BCUT2D eigenvalue weighted by Crippen LogP contribution is -2.33. The van der Waals surface area contributed by atoms with Gasteiger partial charge in [0.05, 0.1) is 12.3 Å². The molecule has 8 heteroatoms. The lowest BCUT2D eigenvalue weighted by molar-refractivity contribution is -0.119. The van der Waals surface area contributed by atoms with Crippen LogP contribution in [0.5, 0.6) is 11.5 Å². The molecule has 0 saturated carbocycles. The first-order valence-electron chi connectivity index (χ1n) is 11.8. The number of benzene rings is 2. The van der Waals surface area contributed by atoms with Crippen molar-refractivity contribution in [1.29, 1.82) is 0 Å². The second-order valence-corrected chi connectivity index (χ2v) is 9.97. The van der Waals surface area contributed by atoms with Gasteiger partial charge in [-0.15, -0.1) is 10.2 Å². The van der Waals surface area contributed by atoms with Crippen molar-refractivity contribution < 1.29 is 14.3 Å². The van der Waals surface area contributed by atoms with E-state index in [1.165, 1.54) is 18.2 Å². The van der Waals surface area contributed by atoms with Gasteiger partial charge in [-0.2, -0.15) is 0 Å². The SMILES string of the molecule is CC(C)CCC[C@@H](C)NC(=O)CSc1nnc(-c2ccccc2)n1Cc1ccc2c(c1)OCO2. The number of amides is 1. The Balaban J connectivity index is 1.45. The van der Waals surface area contributed by atoms with E-state index in [0.29, 0.717) is 23.4 Å². The molecule has 2 heterocycles. The summed E-state index contributed by atoms with van der Waals surface area (Å²) in [6, 6.07) is 16.1. The van der Waals surface area contributed by atoms with E-state index >= 15 is 0 Å². The van der Waals surface area contributed by atoms with Crippen LogP contribution >= 0.6 is 11.8 Å². The standard InChI is InChI=1S/C26H32N4O3S/c1-18(2)8-7-9-19(3)27-24(31)16-34-26-29-28-25(21-10-5-4-6-11-21)30(26)15-20-12-13-22-23(14-20)33-17-32-22/h4-6,10-14,18-19H,7-9,15-17H2,1-3H3,(H,27,31)/t19-/m1/s1. The smallest absolute Gasteiger partial charge is 0.231 e. The third-order valence-corrected chi connectivity index (χ3v) is 6.65. The molecule has 1 N–H and O–H groups in total. The van der Waals surface area contributed by atoms with E-state index in [1.54, 1.807) is 0 Å². The lowest BCUT2D eigenvalue weighted by Gasteiger charge is -2.15. The van der Waals surface area contributed by atoms with E-state index in [-0.39, 0.29) is 18.7 Å². The summed E-state index contributed by atoms with van der Waals surface area (Å²) in [7, 11) is 0. The highest BCUT2D eigenvalue weighted by Crippen LogP contribution is 2.33. The summed E-state index contributed by atoms with van der Waals surface area (Å²) in [4.78, 5) is 12.6. The molecule has 7 nitrogen and oxygen atoms in total. The fraction of sp³-hybridized carbons (Fsp3) is 0.423. The molecule has 2 aromatic carbocycles. The molecule has 3 aromatic rings. The van der Waals surface area contributed by atoms with Gasteiger partial charge in [-0.25, -0.2) is 0 Å². The van der Waals surface area contributed by atoms with Crippen LogP contribution in [-0.2, 0) is 11.3 Å². The van der Waals surface area contributed by atoms with Crippen LogP contribution in [-0.4, -0.2) is 39.3 Å². The molecular formula is C26H32N4O3S. The van der Waals surface area contributed by atoms with Gasteiger partial charge in [0.1, 0.15) is 0 Å². The molecule has 1 amide bonds. The first-order valence-corrected chi connectivity index (χ1v) is 12.8. The molecule has 0 fully saturated rings. The van der Waals surface area contributed by atoms with Crippen molar-refractivity contribution in [2.45, 2.75) is 57.8 Å². The first kappa shape index (κ1) is 24.1. The molecule has 0 aliphatic carbocycles. The zero-order chi connectivity index (χ0) is 23.9. The molecule has 180 valence electrons. The minimum Gasteiger partial charge on any atom is -0.454 e. The van der Waals surface area contributed by atoms with Crippen molar-refractivity contribution in [1.82, 2.24) is 20.1 Å². The number of fused-ring (bicyclic) bond motifs is 1. The van der Waals surface area contributed by atoms with Gasteiger partial charge in [0.15, 0.2) is 22.5 Å². The first-order chi connectivity index (χ1) is 16.5. The molecule has 1 aromatic heterocycles. The summed E-state index contributed by atoms with van der Waals surface area (Å²) in [5, 5.41) is 12.7. The Labute approximate surface area is 205 Å². The normalized spacial score (nSPS) is 13.3. The number of carbonyl (C=O) groups excluding carboxylic acids is 1. The summed E-state index contributed by atoms with van der Waals surface area (Å²) in [5.74, 6) is 3.26. The van der Waals surface area contributed by atoms with E-state index in [9.17, 15) is 4.79 Å². The van der Waals surface area contributed by atoms with Gasteiger partial charge in [-0.05, 0) is 37.0 Å². The van der Waals surface area contributed by atoms with Crippen LogP contribution in [0.15, 0.2) is 53.7 Å². The third-order valence-electron chi connectivity index (χ3n) is 5.68. The maximum Gasteiger partial charge on any atom is 0.231 e. The van der Waals surface area contributed by atoms with Crippen LogP contribution in [0.2, 0.25) is 0 Å². The summed E-state index contributed by atoms with van der Waals surface area (Å²) in [6.07, 6.45) is 3.30. The fourth-order valence-electron chi connectivity index (χ4n) is 3.91. The van der Waals surface area contributed by atoms with E-state index < -0.39 is 0 Å². The average Bonchev–Trinajstić information content (AvgIpc) is 3.44. The van der Waals surface area contributed by atoms with E-state index in [4.69, 9.17) is 9.47 Å². The van der Waals surface area contributed by atoms with Gasteiger partial charge >= 0.3 is 0 Å². The number of hydrogen-bond acceptors (Lipinski definition) is 6. The number of rotatable bonds is 11. The molecular weight excluding hydrogens is 448 g/mol. The van der Waals surface area contributed by atoms with E-state index in [2.05, 4.69) is 40.9 Å². The maximum absolute atomic E-state index is 12.6. The van der Waals surface area contributed by atoms with Gasteiger partial charge < -0.3 is 14.8 Å². The lowest BCUT2D eigenvalue weighted by atomic mass is 10.0. The Morgan fingerprint density at radius 2 is 1.85 bits per heavy atom. The Morgan fingerprint density at radius 3 is 2.65 bits per heavy atom. The topological polar surface area (TPSA) is 78.3 Å². The summed E-state index contributed by atoms with van der Waals surface area (Å²) in [6.45, 7) is 7.32. The number of nitrogens with one attached hydrogen (secondary N) is 1. The number of carbonyl (C=O) groups is 1. The van der Waals surface area contributed by atoms with E-state index in [1.807, 2.05) is 48.5 Å². The predicted octanol–water partition coefficient (Wildman–Crippen LogP) is 5.15. The maximum atomic E-state index is 12.6. The van der Waals surface area contributed by atoms with Crippen LogP contribution < -0.4 is 14.8 Å². The molecule has 34 heavy (non-hydrogen) atoms. The monoisotopic (exact) mass is 480 g/mol. The number of aromatic nitrogens is 3. The van der Waals surface area contributed by atoms with Crippen LogP contribution in [0.1, 0.15) is 45.6 Å². The van der Waals surface area contributed by atoms with Gasteiger partial charge in [-0.3, -0.25) is 9.36 Å². The fourth-order valence-corrected chi connectivity index (χ4v) is 4.66. The van der Waals surface area contributed by atoms with Crippen molar-refractivity contribution in [3.8, 4) is 22.9 Å².